The Morgan fingerprint density at radius 3 is 1.93 bits per heavy atom. The molecule has 17 heteroatoms. The van der Waals surface area contributed by atoms with E-state index < -0.39 is 114 Å². The van der Waals surface area contributed by atoms with Gasteiger partial charge in [0.15, 0.2) is 11.4 Å². The van der Waals surface area contributed by atoms with Crippen LogP contribution in [-0.2, 0) is 19.1 Å². The molecule has 0 spiro atoms. The van der Waals surface area contributed by atoms with E-state index in [-0.39, 0.29) is 5.75 Å². The molecule has 1 aromatic carbocycles. The van der Waals surface area contributed by atoms with Crippen LogP contribution in [0, 0.1) is 0 Å². The number of aliphatic hydroxyl groups excluding tert-OH is 9. The Bertz CT molecular complexity index is 1340. The summed E-state index contributed by atoms with van der Waals surface area (Å²) in [6.07, 6.45) is -18.6. The minimum atomic E-state index is -3.40. The molecule has 1 aromatic rings. The van der Waals surface area contributed by atoms with Crippen LogP contribution in [0.25, 0.3) is 6.08 Å². The smallest absolute Gasteiger partial charge is 0.201 e. The molecular weight excluding hydrogens is 594 g/mol. The van der Waals surface area contributed by atoms with Crippen LogP contribution < -0.4 is 5.48 Å². The molecule has 2 aliphatic heterocycles. The molecule has 3 aliphatic rings. The fraction of sp³-hybridized carbons (Fsp3) is 0.481. The fourth-order valence-corrected chi connectivity index (χ4v) is 5.42. The predicted molar refractivity (Wildman–Crippen MR) is 141 cm³/mol. The third kappa shape index (κ3) is 5.53. The topological polar surface area (TPSA) is 307 Å². The van der Waals surface area contributed by atoms with Gasteiger partial charge in [-0.3, -0.25) is 20.3 Å². The van der Waals surface area contributed by atoms with Crippen LogP contribution in [0.3, 0.4) is 0 Å². The van der Waals surface area contributed by atoms with Crippen LogP contribution in [0.2, 0.25) is 0 Å². The van der Waals surface area contributed by atoms with Crippen molar-refractivity contribution >= 4 is 17.6 Å². The normalized spacial score (nSPS) is 38.4. The summed E-state index contributed by atoms with van der Waals surface area (Å²) in [6.45, 7) is -1.97. The summed E-state index contributed by atoms with van der Waals surface area (Å²) < 4.78 is 10.8. The van der Waals surface area contributed by atoms with Crippen LogP contribution in [0.1, 0.15) is 5.56 Å². The molecule has 2 heterocycles. The highest BCUT2D eigenvalue weighted by molar-refractivity contribution is 6.31. The van der Waals surface area contributed by atoms with Crippen molar-refractivity contribution in [3.63, 3.8) is 0 Å². The molecular formula is C27H33NO16. The number of hydroxylamine groups is 1. The highest BCUT2D eigenvalue weighted by Crippen LogP contribution is 2.44. The SMILES string of the molecule is O=C(/C=C/c1ccc(O)cc1)C1=C(O)C(O)(C2O[C@H](CO)[C@@H](O)[C@H](O)[C@H]2O)C(NO)=C(C2O[C@H](CO)[C@@H](O)[C@H](O)[C@H]2O)C1=O. The maximum absolute atomic E-state index is 13.9. The lowest BCUT2D eigenvalue weighted by atomic mass is 9.71. The lowest BCUT2D eigenvalue weighted by Crippen LogP contribution is -2.68. The molecule has 0 amide bonds. The van der Waals surface area contributed by atoms with E-state index in [9.17, 15) is 71.0 Å². The number of hydrogen-bond acceptors (Lipinski definition) is 17. The third-order valence-corrected chi connectivity index (χ3v) is 7.88. The Kier molecular flexibility index (Phi) is 9.90. The number of phenols is 1. The molecule has 0 aromatic heterocycles. The van der Waals surface area contributed by atoms with E-state index in [4.69, 9.17) is 9.47 Å². The number of phenolic OH excluding ortho intramolecular Hbond substituents is 1. The summed E-state index contributed by atoms with van der Waals surface area (Å²) in [5, 5.41) is 125. The molecule has 13 N–H and O–H groups in total. The van der Waals surface area contributed by atoms with Gasteiger partial charge < -0.3 is 65.6 Å². The summed E-state index contributed by atoms with van der Waals surface area (Å²) >= 11 is 0. The van der Waals surface area contributed by atoms with E-state index >= 15 is 0 Å². The molecule has 17 nitrogen and oxygen atoms in total. The van der Waals surface area contributed by atoms with Gasteiger partial charge >= 0.3 is 0 Å². The summed E-state index contributed by atoms with van der Waals surface area (Å²) in [5.74, 6) is -4.45. The number of rotatable bonds is 8. The molecule has 2 saturated heterocycles. The average Bonchev–Trinajstić information content (AvgIpc) is 3.00. The second kappa shape index (κ2) is 13.0. The van der Waals surface area contributed by atoms with Crippen LogP contribution in [0.5, 0.6) is 5.75 Å². The van der Waals surface area contributed by atoms with Crippen molar-refractivity contribution in [3.05, 3.63) is 58.5 Å². The van der Waals surface area contributed by atoms with Crippen LogP contribution >= 0.6 is 0 Å². The van der Waals surface area contributed by atoms with Crippen molar-refractivity contribution in [3.8, 4) is 5.75 Å². The maximum atomic E-state index is 13.9. The maximum Gasteiger partial charge on any atom is 0.201 e. The van der Waals surface area contributed by atoms with Crippen LogP contribution in [0.4, 0.5) is 0 Å². The van der Waals surface area contributed by atoms with Gasteiger partial charge in [-0.15, -0.1) is 0 Å². The van der Waals surface area contributed by atoms with Gasteiger partial charge in [-0.05, 0) is 23.8 Å². The zero-order valence-corrected chi connectivity index (χ0v) is 22.7. The number of Topliss-reactive ketones (excluding diaryl/α,β-unsaturated/α-hetero) is 1. The van der Waals surface area contributed by atoms with E-state index in [2.05, 4.69) is 0 Å². The summed E-state index contributed by atoms with van der Waals surface area (Å²) in [4.78, 5) is 27.3. The highest BCUT2D eigenvalue weighted by Gasteiger charge is 2.62. The quantitative estimate of drug-likeness (QED) is 0.0729. The first kappa shape index (κ1) is 33.6. The molecule has 3 unspecified atom stereocenters. The number of benzene rings is 1. The molecule has 11 atom stereocenters. The summed E-state index contributed by atoms with van der Waals surface area (Å²) in [5.41, 5.74) is -5.09. The molecule has 242 valence electrons. The lowest BCUT2D eigenvalue weighted by Gasteiger charge is -2.49. The van der Waals surface area contributed by atoms with E-state index in [0.29, 0.717) is 5.56 Å². The first-order valence-electron chi connectivity index (χ1n) is 13.2. The Morgan fingerprint density at radius 1 is 0.841 bits per heavy atom. The van der Waals surface area contributed by atoms with Gasteiger partial charge in [-0.2, -0.15) is 0 Å². The van der Waals surface area contributed by atoms with Crippen molar-refractivity contribution < 1.29 is 80.4 Å². The van der Waals surface area contributed by atoms with Crippen molar-refractivity contribution in [2.24, 2.45) is 0 Å². The minimum Gasteiger partial charge on any atom is -0.508 e. The highest BCUT2D eigenvalue weighted by atomic mass is 16.6. The number of hydrogen-bond donors (Lipinski definition) is 13. The van der Waals surface area contributed by atoms with Crippen molar-refractivity contribution in [2.75, 3.05) is 13.2 Å². The average molecular weight is 628 g/mol. The summed E-state index contributed by atoms with van der Waals surface area (Å²) in [6, 6.07) is 5.33. The Hall–Kier alpha value is -3.30. The molecule has 0 bridgehead atoms. The molecule has 0 saturated carbocycles. The first-order chi connectivity index (χ1) is 20.7. The van der Waals surface area contributed by atoms with E-state index in [1.54, 1.807) is 0 Å². The lowest BCUT2D eigenvalue weighted by molar-refractivity contribution is -0.264. The van der Waals surface area contributed by atoms with E-state index in [0.717, 1.165) is 12.2 Å². The van der Waals surface area contributed by atoms with Crippen molar-refractivity contribution in [2.45, 2.75) is 66.6 Å². The zero-order chi connectivity index (χ0) is 32.7. The van der Waals surface area contributed by atoms with E-state index in [1.165, 1.54) is 29.7 Å². The van der Waals surface area contributed by atoms with Crippen LogP contribution in [0.15, 0.2) is 52.9 Å². The number of carbonyl (C=O) groups is 2. The number of allylic oxidation sites excluding steroid dienone is 2. The summed E-state index contributed by atoms with van der Waals surface area (Å²) in [7, 11) is 0. The zero-order valence-electron chi connectivity index (χ0n) is 22.7. The van der Waals surface area contributed by atoms with Crippen LogP contribution in [-0.4, -0.2) is 153 Å². The molecule has 1 aliphatic carbocycles. The number of ketones is 2. The Morgan fingerprint density at radius 2 is 1.39 bits per heavy atom. The van der Waals surface area contributed by atoms with Gasteiger partial charge in [0.25, 0.3) is 0 Å². The predicted octanol–water partition coefficient (Wildman–Crippen LogP) is -4.98. The van der Waals surface area contributed by atoms with Gasteiger partial charge in [0.05, 0.1) is 24.5 Å². The van der Waals surface area contributed by atoms with Gasteiger partial charge in [-0.25, -0.2) is 0 Å². The fourth-order valence-electron chi connectivity index (χ4n) is 5.42. The minimum absolute atomic E-state index is 0.0979. The number of nitrogens with one attached hydrogen (secondary N) is 1. The van der Waals surface area contributed by atoms with Crippen molar-refractivity contribution in [1.29, 1.82) is 0 Å². The third-order valence-electron chi connectivity index (χ3n) is 7.88. The molecule has 4 rings (SSSR count). The molecule has 44 heavy (non-hydrogen) atoms. The monoisotopic (exact) mass is 627 g/mol. The molecule has 0 radical (unpaired) electrons. The number of aliphatic hydroxyl groups is 10. The standard InChI is InChI=1S/C27H33NO16/c29-7-12-16(33)19(36)21(38)23(43-12)15-18(35)14(11(32)6-3-9-1-4-10(31)5-2-9)25(40)27(41,24(15)28-42)26-22(39)20(37)17(34)13(8-30)44-26/h1-6,12-13,16-17,19-23,26,28-31,33-34,36-42H,7-8H2/b6-3+/t12-,13-,16-,17-,19+,20+,21-,22-,23?,26?,27?/m1/s1. The Balaban J connectivity index is 1.93. The number of carbonyl (C=O) groups excluding carboxylic acids is 2. The second-order valence-electron chi connectivity index (χ2n) is 10.5. The number of aromatic hydroxyl groups is 1. The Labute approximate surface area is 248 Å². The van der Waals surface area contributed by atoms with Gasteiger partial charge in [0.2, 0.25) is 5.78 Å². The van der Waals surface area contributed by atoms with Gasteiger partial charge in [0, 0.05) is 0 Å². The second-order valence-corrected chi connectivity index (χ2v) is 10.5. The van der Waals surface area contributed by atoms with Crippen molar-refractivity contribution in [1.82, 2.24) is 5.48 Å². The number of ether oxygens (including phenoxy) is 2. The largest absolute Gasteiger partial charge is 0.508 e. The van der Waals surface area contributed by atoms with Gasteiger partial charge in [-0.1, -0.05) is 18.2 Å². The molecule has 2 fully saturated rings. The first-order valence-corrected chi connectivity index (χ1v) is 13.2. The van der Waals surface area contributed by atoms with E-state index in [1.807, 2.05) is 0 Å². The van der Waals surface area contributed by atoms with Gasteiger partial charge in [0.1, 0.15) is 78.1 Å².